The van der Waals surface area contributed by atoms with E-state index in [-0.39, 0.29) is 60.3 Å². The Morgan fingerprint density at radius 2 is 1.07 bits per heavy atom. The third kappa shape index (κ3) is 10.2. The molecule has 0 fully saturated rings. The molecule has 0 spiro atoms. The number of imidazole rings is 1. The van der Waals surface area contributed by atoms with Gasteiger partial charge in [0.15, 0.2) is 8.07 Å². The van der Waals surface area contributed by atoms with E-state index >= 15 is 0 Å². The van der Waals surface area contributed by atoms with Crippen molar-refractivity contribution in [3.63, 3.8) is 0 Å². The molecule has 3 aromatic heterocycles. The topological polar surface area (TPSA) is 35.9 Å². The summed E-state index contributed by atoms with van der Waals surface area (Å²) in [4.78, 5) is 4.92. The quantitative estimate of drug-likeness (QED) is 0.0625. The normalized spacial score (nSPS) is 16.1. The summed E-state index contributed by atoms with van der Waals surface area (Å²) in [5.74, 6) is 1.12. The zero-order valence-corrected chi connectivity index (χ0v) is 53.1. The minimum absolute atomic E-state index is 0. The number of para-hydroxylation sites is 1. The molecule has 0 saturated heterocycles. The molecule has 0 aliphatic carbocycles. The summed E-state index contributed by atoms with van der Waals surface area (Å²) in [6, 6.07) is 85.6. The SMILES string of the molecule is [2H]C([2H])([2H])C(c1cc2c(c(C(C([2H])([2H])[2H])(C([2H])([2H])[2H])C([2H])([2H])[2H])c1)-[n+]1[c-]n(-c3[c-]c(Oc4[c-]c5c(cc4)c4cc(-c6ccccc6)ccc4n5-c4cc(C(C)(C)C)ccn4)ccc3)c3cccc(c31)-c1ccccc1-c1ccc([Si](c3ccccc3)(c3ccccc3)c3ccccc3)cc1-2)(C([2H])([2H])[2H])C([2H])([2H])[2H].[Pt]. The maximum Gasteiger partial charge on any atom is 0.268 e. The van der Waals surface area contributed by atoms with E-state index in [0.29, 0.717) is 50.4 Å². The molecule has 5 nitrogen and oxygen atoms in total. The van der Waals surface area contributed by atoms with Crippen LogP contribution in [0.4, 0.5) is 0 Å². The number of fused-ring (bicyclic) bond motifs is 10. The first-order chi connectivity index (χ1) is 51.0. The van der Waals surface area contributed by atoms with E-state index in [4.69, 9.17) is 9.72 Å². The minimum atomic E-state index is -4.14. The van der Waals surface area contributed by atoms with Gasteiger partial charge in [0.2, 0.25) is 0 Å². The Hall–Kier alpha value is -9.45. The van der Waals surface area contributed by atoms with Gasteiger partial charge in [0.05, 0.1) is 16.7 Å². The van der Waals surface area contributed by atoms with Crippen LogP contribution < -0.4 is 30.1 Å². The molecule has 7 heteroatoms. The van der Waals surface area contributed by atoms with E-state index in [9.17, 15) is 24.7 Å². The third-order valence-electron chi connectivity index (χ3n) is 17.5. The summed E-state index contributed by atoms with van der Waals surface area (Å²) in [6.07, 6.45) is 5.24. The molecule has 1 aliphatic rings. The van der Waals surface area contributed by atoms with Gasteiger partial charge in [-0.2, -0.15) is 18.2 Å². The van der Waals surface area contributed by atoms with Crippen LogP contribution in [0.15, 0.2) is 261 Å². The van der Waals surface area contributed by atoms with Crippen molar-refractivity contribution in [2.75, 3.05) is 0 Å². The van der Waals surface area contributed by atoms with Crippen molar-refractivity contribution in [3.05, 3.63) is 296 Å². The van der Waals surface area contributed by atoms with Crippen LogP contribution in [0.5, 0.6) is 11.5 Å². The average molecular weight is 1390 g/mol. The molecule has 0 saturated carbocycles. The largest absolute Gasteiger partial charge is 0.510 e. The van der Waals surface area contributed by atoms with E-state index in [1.54, 1.807) is 53.2 Å². The third-order valence-corrected chi connectivity index (χ3v) is 22.3. The summed E-state index contributed by atoms with van der Waals surface area (Å²) in [6.45, 7) is -18.2. The van der Waals surface area contributed by atoms with Crippen molar-refractivity contribution in [1.82, 2.24) is 14.1 Å². The Bertz CT molecular complexity index is 5660. The molecule has 91 heavy (non-hydrogen) atoms. The fourth-order valence-corrected chi connectivity index (χ4v) is 18.1. The van der Waals surface area contributed by atoms with Crippen LogP contribution in [0, 0.1) is 18.5 Å². The number of hydrogen-bond acceptors (Lipinski definition) is 2. The average Bonchev–Trinajstić information content (AvgIpc) is 1.58. The van der Waals surface area contributed by atoms with Crippen molar-refractivity contribution in [2.24, 2.45) is 0 Å². The van der Waals surface area contributed by atoms with Gasteiger partial charge in [0.1, 0.15) is 5.82 Å². The number of ether oxygens (including phenoxy) is 1. The van der Waals surface area contributed by atoms with E-state index in [1.165, 1.54) is 4.57 Å². The molecule has 0 unspecified atom stereocenters. The van der Waals surface area contributed by atoms with Crippen molar-refractivity contribution < 1.29 is 55.0 Å². The van der Waals surface area contributed by atoms with Gasteiger partial charge >= 0.3 is 0 Å². The second-order valence-electron chi connectivity index (χ2n) is 24.2. The first-order valence-corrected chi connectivity index (χ1v) is 31.9. The molecular formula is C84H70N4OPtSi-2. The van der Waals surface area contributed by atoms with Crippen molar-refractivity contribution in [3.8, 4) is 73.2 Å². The maximum absolute atomic E-state index is 9.57. The summed E-state index contributed by atoms with van der Waals surface area (Å²) in [5, 5.41) is 5.11. The van der Waals surface area contributed by atoms with E-state index in [1.807, 2.05) is 164 Å². The Morgan fingerprint density at radius 3 is 1.74 bits per heavy atom. The molecule has 0 N–H and O–H groups in total. The van der Waals surface area contributed by atoms with Crippen LogP contribution in [0.2, 0.25) is 0 Å². The smallest absolute Gasteiger partial charge is 0.268 e. The van der Waals surface area contributed by atoms with Gasteiger partial charge in [-0.25, -0.2) is 4.98 Å². The van der Waals surface area contributed by atoms with Gasteiger partial charge in [0, 0.05) is 69.0 Å². The summed E-state index contributed by atoms with van der Waals surface area (Å²) < 4.78 is 181. The number of rotatable bonds is 9. The van der Waals surface area contributed by atoms with Crippen molar-refractivity contribution >= 4 is 61.7 Å². The molecule has 0 atom stereocenters. The first kappa shape index (κ1) is 41.8. The standard InChI is InChI=1S/C84H70N4OSi.Pt/c1-82(2,3)58-46-47-85-79(51-58)88-76-45-40-57(56-26-14-10-15-27-56)48-73(76)70-43-41-62(53-78(70)88)89-61-29-24-28-60(52-61)86-55-87-80-74(49-59(83(4,5)6)50-75(80)84(7,8)9)72-54-66(42-44-69(72)67-36-22-23-37-68(67)71-38-25-39-77(86)81(71)87)90(63-30-16-11-17-31-63,64-32-18-12-19-33-64)65-34-20-13-21-35-65;/h10-51,54H,1-9H3;/q-2;/i4D3,5D3,6D3,7D3,8D3,9D3;. The van der Waals surface area contributed by atoms with Crippen molar-refractivity contribution in [2.45, 2.75) is 78.1 Å². The second kappa shape index (κ2) is 22.8. The van der Waals surface area contributed by atoms with E-state index < -0.39 is 76.8 Å². The number of nitrogens with zero attached hydrogens (tertiary/aromatic N) is 4. The fourth-order valence-electron chi connectivity index (χ4n) is 13.3. The van der Waals surface area contributed by atoms with Gasteiger partial charge in [-0.3, -0.25) is 4.57 Å². The summed E-state index contributed by atoms with van der Waals surface area (Å²) >= 11 is 0. The van der Waals surface area contributed by atoms with Gasteiger partial charge < -0.3 is 13.9 Å². The monoisotopic (exact) mass is 1390 g/mol. The van der Waals surface area contributed by atoms with E-state index in [2.05, 4.69) is 80.2 Å². The van der Waals surface area contributed by atoms with Gasteiger partial charge in [-0.05, 0) is 127 Å². The van der Waals surface area contributed by atoms with E-state index in [0.717, 1.165) is 54.6 Å². The molecular weight excluding hydrogens is 1300 g/mol. The predicted molar refractivity (Wildman–Crippen MR) is 375 cm³/mol. The van der Waals surface area contributed by atoms with Crippen LogP contribution in [0.1, 0.15) is 103 Å². The zero-order valence-electron chi connectivity index (χ0n) is 67.8. The number of benzene rings is 11. The van der Waals surface area contributed by atoms with Gasteiger partial charge in [-0.1, -0.05) is 274 Å². The summed E-state index contributed by atoms with van der Waals surface area (Å²) in [5.41, 5.74) is -4.13. The maximum atomic E-state index is 9.57. The molecule has 14 aromatic rings. The van der Waals surface area contributed by atoms with Crippen LogP contribution in [-0.4, -0.2) is 22.2 Å². The van der Waals surface area contributed by atoms with Crippen LogP contribution in [0.3, 0.4) is 0 Å². The predicted octanol–water partition coefficient (Wildman–Crippen LogP) is 17.8. The molecule has 11 aromatic carbocycles. The molecule has 0 bridgehead atoms. The number of pyridine rings is 1. The molecule has 15 rings (SSSR count). The van der Waals surface area contributed by atoms with Crippen LogP contribution in [-0.2, 0) is 37.3 Å². The Labute approximate surface area is 575 Å². The Balaban J connectivity index is 0.00000992. The Morgan fingerprint density at radius 1 is 0.451 bits per heavy atom. The molecule has 0 amide bonds. The minimum Gasteiger partial charge on any atom is -0.510 e. The first-order valence-electron chi connectivity index (χ1n) is 38.9. The Kier molecular flexibility index (Phi) is 10.5. The number of aromatic nitrogens is 4. The number of hydrogen-bond donors (Lipinski definition) is 0. The second-order valence-corrected chi connectivity index (χ2v) is 28.0. The van der Waals surface area contributed by atoms with Crippen LogP contribution in [0.25, 0.3) is 94.5 Å². The molecule has 0 radical (unpaired) electrons. The van der Waals surface area contributed by atoms with Crippen LogP contribution >= 0.6 is 0 Å². The molecule has 4 heterocycles. The van der Waals surface area contributed by atoms with Gasteiger partial charge in [0.25, 0.3) is 6.33 Å². The molecule has 1 aliphatic heterocycles. The van der Waals surface area contributed by atoms with Crippen molar-refractivity contribution in [1.29, 1.82) is 0 Å². The summed E-state index contributed by atoms with van der Waals surface area (Å²) in [7, 11) is -3.72. The van der Waals surface area contributed by atoms with Gasteiger partial charge in [-0.15, -0.1) is 29.7 Å². The fraction of sp³-hybridized carbons (Fsp3) is 0.143. The zero-order chi connectivity index (χ0) is 76.7. The molecule has 448 valence electrons.